The summed E-state index contributed by atoms with van der Waals surface area (Å²) < 4.78 is 10.5. The van der Waals surface area contributed by atoms with Crippen molar-refractivity contribution in [2.24, 2.45) is 0 Å². The van der Waals surface area contributed by atoms with E-state index in [9.17, 15) is 4.79 Å². The minimum absolute atomic E-state index is 0.117. The van der Waals surface area contributed by atoms with Crippen molar-refractivity contribution in [2.45, 2.75) is 26.2 Å². The minimum Gasteiger partial charge on any atom is -0.497 e. The number of ether oxygens (including phenoxy) is 2. The number of aromatic nitrogens is 2. The molecule has 0 atom stereocenters. The van der Waals surface area contributed by atoms with E-state index in [0.29, 0.717) is 11.5 Å². The highest BCUT2D eigenvalue weighted by molar-refractivity contribution is 5.92. The average molecular weight is 389 g/mol. The van der Waals surface area contributed by atoms with Crippen LogP contribution in [0.25, 0.3) is 11.3 Å². The standard InChI is InChI=1S/C23H23N3O3/c1-14-23(26-21(27)12-15-4-7-17(28-2)8-5-15)25-20-11-6-16-13-18(29-3)9-10-19(16)22(20)24-14/h4-5,7-10,13H,6,11-12H2,1-3H3,(H,25,26,27). The molecule has 0 radical (unpaired) electrons. The van der Waals surface area contributed by atoms with Gasteiger partial charge in [0.1, 0.15) is 11.5 Å². The predicted molar refractivity (Wildman–Crippen MR) is 111 cm³/mol. The van der Waals surface area contributed by atoms with Gasteiger partial charge in [0.2, 0.25) is 5.91 Å². The molecule has 1 aromatic heterocycles. The van der Waals surface area contributed by atoms with Crippen molar-refractivity contribution in [1.29, 1.82) is 0 Å². The molecule has 0 unspecified atom stereocenters. The third-order valence-electron chi connectivity index (χ3n) is 5.12. The van der Waals surface area contributed by atoms with Crippen molar-refractivity contribution < 1.29 is 14.3 Å². The van der Waals surface area contributed by atoms with Crippen molar-refractivity contribution in [3.63, 3.8) is 0 Å². The van der Waals surface area contributed by atoms with Gasteiger partial charge in [-0.3, -0.25) is 4.79 Å². The van der Waals surface area contributed by atoms with E-state index in [-0.39, 0.29) is 12.3 Å². The van der Waals surface area contributed by atoms with Crippen LogP contribution in [0, 0.1) is 6.92 Å². The Kier molecular flexibility index (Phi) is 5.16. The van der Waals surface area contributed by atoms with Crippen LogP contribution in [0.15, 0.2) is 42.5 Å². The van der Waals surface area contributed by atoms with Gasteiger partial charge in [0.05, 0.1) is 37.7 Å². The summed E-state index contributed by atoms with van der Waals surface area (Å²) in [7, 11) is 3.29. The number of carbonyl (C=O) groups excluding carboxylic acids is 1. The third-order valence-corrected chi connectivity index (χ3v) is 5.12. The molecular formula is C23H23N3O3. The quantitative estimate of drug-likeness (QED) is 0.719. The number of hydrogen-bond acceptors (Lipinski definition) is 5. The van der Waals surface area contributed by atoms with E-state index in [4.69, 9.17) is 19.4 Å². The van der Waals surface area contributed by atoms with Crippen LogP contribution < -0.4 is 14.8 Å². The molecule has 0 spiro atoms. The Labute approximate surface area is 169 Å². The van der Waals surface area contributed by atoms with Crippen molar-refractivity contribution >= 4 is 11.7 Å². The van der Waals surface area contributed by atoms with Crippen molar-refractivity contribution in [3.8, 4) is 22.8 Å². The zero-order valence-corrected chi connectivity index (χ0v) is 16.8. The highest BCUT2D eigenvalue weighted by Gasteiger charge is 2.21. The molecule has 29 heavy (non-hydrogen) atoms. The molecule has 0 bridgehead atoms. The first kappa shape index (κ1) is 18.9. The van der Waals surface area contributed by atoms with Crippen molar-refractivity contribution in [2.75, 3.05) is 19.5 Å². The second kappa shape index (κ2) is 7.91. The number of fused-ring (bicyclic) bond motifs is 3. The Morgan fingerprint density at radius 1 is 1.00 bits per heavy atom. The lowest BCUT2D eigenvalue weighted by Crippen LogP contribution is -2.19. The van der Waals surface area contributed by atoms with E-state index in [0.717, 1.165) is 46.9 Å². The number of nitrogens with one attached hydrogen (secondary N) is 1. The Balaban J connectivity index is 1.54. The predicted octanol–water partition coefficient (Wildman–Crippen LogP) is 3.75. The monoisotopic (exact) mass is 389 g/mol. The molecule has 0 saturated heterocycles. The maximum absolute atomic E-state index is 12.5. The third kappa shape index (κ3) is 3.92. The molecule has 3 aromatic rings. The summed E-state index contributed by atoms with van der Waals surface area (Å²) in [5.74, 6) is 2.02. The Bertz CT molecular complexity index is 1060. The van der Waals surface area contributed by atoms with Crippen LogP contribution in [0.4, 0.5) is 5.82 Å². The van der Waals surface area contributed by atoms with Gasteiger partial charge in [-0.25, -0.2) is 9.97 Å². The molecule has 0 fully saturated rings. The van der Waals surface area contributed by atoms with E-state index < -0.39 is 0 Å². The Morgan fingerprint density at radius 2 is 1.72 bits per heavy atom. The molecule has 4 rings (SSSR count). The number of rotatable bonds is 5. The first-order valence-electron chi connectivity index (χ1n) is 9.55. The molecule has 6 heteroatoms. The lowest BCUT2D eigenvalue weighted by atomic mass is 9.91. The summed E-state index contributed by atoms with van der Waals surface area (Å²) in [6, 6.07) is 13.5. The topological polar surface area (TPSA) is 73.3 Å². The van der Waals surface area contributed by atoms with E-state index >= 15 is 0 Å². The van der Waals surface area contributed by atoms with Crippen LogP contribution in [0.5, 0.6) is 11.5 Å². The van der Waals surface area contributed by atoms with Crippen LogP contribution >= 0.6 is 0 Å². The molecule has 1 N–H and O–H groups in total. The zero-order valence-electron chi connectivity index (χ0n) is 16.8. The summed E-state index contributed by atoms with van der Waals surface area (Å²) in [4.78, 5) is 22.0. The molecule has 148 valence electrons. The summed E-state index contributed by atoms with van der Waals surface area (Å²) >= 11 is 0. The summed E-state index contributed by atoms with van der Waals surface area (Å²) in [6.07, 6.45) is 1.92. The van der Waals surface area contributed by atoms with Crippen LogP contribution in [-0.4, -0.2) is 30.1 Å². The van der Waals surface area contributed by atoms with Crippen molar-refractivity contribution in [1.82, 2.24) is 9.97 Å². The molecule has 1 aliphatic carbocycles. The number of carbonyl (C=O) groups is 1. The number of nitrogens with zero attached hydrogens (tertiary/aromatic N) is 2. The molecule has 1 aliphatic rings. The van der Waals surface area contributed by atoms with Gasteiger partial charge in [-0.15, -0.1) is 0 Å². The van der Waals surface area contributed by atoms with Crippen LogP contribution in [-0.2, 0) is 24.1 Å². The number of aryl methyl sites for hydroxylation is 3. The number of benzene rings is 2. The maximum Gasteiger partial charge on any atom is 0.229 e. The van der Waals surface area contributed by atoms with Crippen LogP contribution in [0.1, 0.15) is 22.5 Å². The maximum atomic E-state index is 12.5. The van der Waals surface area contributed by atoms with Crippen LogP contribution in [0.2, 0.25) is 0 Å². The molecule has 2 aromatic carbocycles. The minimum atomic E-state index is -0.117. The Hall–Kier alpha value is -3.41. The fourth-order valence-electron chi connectivity index (χ4n) is 3.56. The van der Waals surface area contributed by atoms with Gasteiger partial charge in [0.25, 0.3) is 0 Å². The van der Waals surface area contributed by atoms with E-state index in [1.807, 2.05) is 43.3 Å². The van der Waals surface area contributed by atoms with Gasteiger partial charge >= 0.3 is 0 Å². The second-order valence-electron chi connectivity index (χ2n) is 7.05. The number of hydrogen-bond donors (Lipinski definition) is 1. The molecule has 0 aliphatic heterocycles. The van der Waals surface area contributed by atoms with Gasteiger partial charge in [-0.2, -0.15) is 0 Å². The number of methoxy groups -OCH3 is 2. The second-order valence-corrected chi connectivity index (χ2v) is 7.05. The Morgan fingerprint density at radius 3 is 2.45 bits per heavy atom. The molecule has 0 saturated carbocycles. The van der Waals surface area contributed by atoms with Gasteiger partial charge in [-0.05, 0) is 61.2 Å². The first-order valence-corrected chi connectivity index (χ1v) is 9.55. The van der Waals surface area contributed by atoms with Gasteiger partial charge < -0.3 is 14.8 Å². The van der Waals surface area contributed by atoms with Gasteiger partial charge in [-0.1, -0.05) is 12.1 Å². The first-order chi connectivity index (χ1) is 14.1. The largest absolute Gasteiger partial charge is 0.497 e. The van der Waals surface area contributed by atoms with E-state index in [1.165, 1.54) is 5.56 Å². The SMILES string of the molecule is COc1ccc(CC(=O)Nc2nc3c(nc2C)-c2ccc(OC)cc2CC3)cc1. The van der Waals surface area contributed by atoms with E-state index in [2.05, 4.69) is 11.4 Å². The fourth-order valence-corrected chi connectivity index (χ4v) is 3.56. The van der Waals surface area contributed by atoms with Crippen molar-refractivity contribution in [3.05, 3.63) is 65.0 Å². The molecular weight excluding hydrogens is 366 g/mol. The average Bonchev–Trinajstić information content (AvgIpc) is 2.74. The number of anilines is 1. The fraction of sp³-hybridized carbons (Fsp3) is 0.261. The van der Waals surface area contributed by atoms with Crippen LogP contribution in [0.3, 0.4) is 0 Å². The normalized spacial score (nSPS) is 12.0. The zero-order chi connectivity index (χ0) is 20.4. The lowest BCUT2D eigenvalue weighted by Gasteiger charge is -2.20. The molecule has 6 nitrogen and oxygen atoms in total. The lowest BCUT2D eigenvalue weighted by molar-refractivity contribution is -0.115. The summed E-state index contributed by atoms with van der Waals surface area (Å²) in [6.45, 7) is 1.87. The highest BCUT2D eigenvalue weighted by atomic mass is 16.5. The summed E-state index contributed by atoms with van der Waals surface area (Å²) in [5.41, 5.74) is 5.71. The van der Waals surface area contributed by atoms with E-state index in [1.54, 1.807) is 14.2 Å². The summed E-state index contributed by atoms with van der Waals surface area (Å²) in [5, 5.41) is 2.92. The molecule has 1 heterocycles. The van der Waals surface area contributed by atoms with Gasteiger partial charge in [0, 0.05) is 5.56 Å². The smallest absolute Gasteiger partial charge is 0.229 e. The van der Waals surface area contributed by atoms with Gasteiger partial charge in [0.15, 0.2) is 5.82 Å². The number of amides is 1. The molecule has 1 amide bonds. The highest BCUT2D eigenvalue weighted by Crippen LogP contribution is 2.34.